The lowest BCUT2D eigenvalue weighted by molar-refractivity contribution is 0.0954. The van der Waals surface area contributed by atoms with Crippen LogP contribution in [0.15, 0.2) is 42.6 Å². The third-order valence-corrected chi connectivity index (χ3v) is 3.85. The van der Waals surface area contributed by atoms with Gasteiger partial charge in [0.25, 0.3) is 5.91 Å². The molecule has 0 aliphatic carbocycles. The number of nitrogens with one attached hydrogen (secondary N) is 1. The van der Waals surface area contributed by atoms with Gasteiger partial charge in [-0.05, 0) is 38.1 Å². The molecule has 5 nitrogen and oxygen atoms in total. The molecule has 0 saturated carbocycles. The summed E-state index contributed by atoms with van der Waals surface area (Å²) in [5.74, 6) is 0.896. The van der Waals surface area contributed by atoms with Crippen LogP contribution in [0.1, 0.15) is 28.7 Å². The van der Waals surface area contributed by atoms with Gasteiger partial charge in [0.2, 0.25) is 0 Å². The highest BCUT2D eigenvalue weighted by Crippen LogP contribution is 2.13. The van der Waals surface area contributed by atoms with Gasteiger partial charge in [0.05, 0.1) is 0 Å². The molecule has 1 amide bonds. The Bertz CT molecular complexity index is 821. The van der Waals surface area contributed by atoms with Gasteiger partial charge >= 0.3 is 0 Å². The lowest BCUT2D eigenvalue weighted by atomic mass is 10.1. The zero-order valence-corrected chi connectivity index (χ0v) is 13.4. The van der Waals surface area contributed by atoms with E-state index in [9.17, 15) is 4.79 Å². The Morgan fingerprint density at radius 3 is 2.74 bits per heavy atom. The van der Waals surface area contributed by atoms with E-state index in [4.69, 9.17) is 0 Å². The monoisotopic (exact) mass is 308 g/mol. The SMILES string of the molecule is CCn1c(CCNC(=O)c2ccc(C)cc2)nc2cccnc21. The van der Waals surface area contributed by atoms with Gasteiger partial charge in [-0.3, -0.25) is 4.79 Å². The number of hydrogen-bond acceptors (Lipinski definition) is 3. The fraction of sp³-hybridized carbons (Fsp3) is 0.278. The number of pyridine rings is 1. The van der Waals surface area contributed by atoms with Crippen molar-refractivity contribution < 1.29 is 4.79 Å². The molecule has 3 rings (SSSR count). The minimum Gasteiger partial charge on any atom is -0.352 e. The first-order chi connectivity index (χ1) is 11.2. The Morgan fingerprint density at radius 1 is 1.22 bits per heavy atom. The minimum absolute atomic E-state index is 0.0534. The Labute approximate surface area is 135 Å². The molecule has 0 bridgehead atoms. The van der Waals surface area contributed by atoms with Crippen molar-refractivity contribution in [3.8, 4) is 0 Å². The van der Waals surface area contributed by atoms with E-state index in [1.807, 2.05) is 43.3 Å². The number of fused-ring (bicyclic) bond motifs is 1. The third kappa shape index (κ3) is 3.23. The number of carbonyl (C=O) groups is 1. The molecule has 0 radical (unpaired) electrons. The van der Waals surface area contributed by atoms with Crippen LogP contribution in [0.5, 0.6) is 0 Å². The first kappa shape index (κ1) is 15.2. The van der Waals surface area contributed by atoms with Gasteiger partial charge in [-0.25, -0.2) is 9.97 Å². The predicted octanol–water partition coefficient (Wildman–Crippen LogP) is 2.73. The van der Waals surface area contributed by atoms with Crippen LogP contribution in [-0.2, 0) is 13.0 Å². The third-order valence-electron chi connectivity index (χ3n) is 3.85. The molecule has 0 aliphatic heterocycles. The fourth-order valence-electron chi connectivity index (χ4n) is 2.62. The molecular formula is C18H20N4O. The Kier molecular flexibility index (Phi) is 4.37. The molecule has 2 heterocycles. The summed E-state index contributed by atoms with van der Waals surface area (Å²) >= 11 is 0. The molecule has 0 unspecified atom stereocenters. The lowest BCUT2D eigenvalue weighted by Crippen LogP contribution is -2.26. The molecule has 3 aromatic rings. The van der Waals surface area contributed by atoms with Gasteiger partial charge in [-0.15, -0.1) is 0 Å². The number of rotatable bonds is 5. The van der Waals surface area contributed by atoms with Crippen molar-refractivity contribution >= 4 is 17.1 Å². The Balaban J connectivity index is 1.66. The number of carbonyl (C=O) groups excluding carboxylic acids is 1. The van der Waals surface area contributed by atoms with Crippen LogP contribution < -0.4 is 5.32 Å². The summed E-state index contributed by atoms with van der Waals surface area (Å²) in [6, 6.07) is 11.4. The van der Waals surface area contributed by atoms with Crippen LogP contribution in [0.25, 0.3) is 11.2 Å². The van der Waals surface area contributed by atoms with E-state index in [-0.39, 0.29) is 5.91 Å². The topological polar surface area (TPSA) is 59.8 Å². The second-order valence-electron chi connectivity index (χ2n) is 5.49. The zero-order chi connectivity index (χ0) is 16.2. The van der Waals surface area contributed by atoms with Crippen LogP contribution in [0.4, 0.5) is 0 Å². The highest BCUT2D eigenvalue weighted by molar-refractivity contribution is 5.94. The van der Waals surface area contributed by atoms with E-state index in [1.54, 1.807) is 6.20 Å². The van der Waals surface area contributed by atoms with Crippen molar-refractivity contribution in [2.45, 2.75) is 26.8 Å². The van der Waals surface area contributed by atoms with Crippen LogP contribution in [0.3, 0.4) is 0 Å². The molecule has 1 aromatic carbocycles. The van der Waals surface area contributed by atoms with E-state index in [1.165, 1.54) is 0 Å². The van der Waals surface area contributed by atoms with Gasteiger partial charge in [0.15, 0.2) is 5.65 Å². The summed E-state index contributed by atoms with van der Waals surface area (Å²) in [6.07, 6.45) is 2.46. The van der Waals surface area contributed by atoms with Gasteiger partial charge in [0, 0.05) is 31.3 Å². The number of nitrogens with zero attached hydrogens (tertiary/aromatic N) is 3. The zero-order valence-electron chi connectivity index (χ0n) is 13.4. The van der Waals surface area contributed by atoms with E-state index < -0.39 is 0 Å². The quantitative estimate of drug-likeness (QED) is 0.788. The molecule has 0 fully saturated rings. The minimum atomic E-state index is -0.0534. The van der Waals surface area contributed by atoms with Crippen molar-refractivity contribution in [1.29, 1.82) is 0 Å². The van der Waals surface area contributed by atoms with Gasteiger partial charge in [0.1, 0.15) is 11.3 Å². The Morgan fingerprint density at radius 2 is 2.00 bits per heavy atom. The van der Waals surface area contributed by atoms with E-state index >= 15 is 0 Å². The number of aromatic nitrogens is 3. The summed E-state index contributed by atoms with van der Waals surface area (Å²) < 4.78 is 2.09. The van der Waals surface area contributed by atoms with E-state index in [2.05, 4.69) is 26.8 Å². The summed E-state index contributed by atoms with van der Waals surface area (Å²) in [7, 11) is 0. The number of imidazole rings is 1. The molecule has 0 atom stereocenters. The largest absolute Gasteiger partial charge is 0.352 e. The summed E-state index contributed by atoms with van der Waals surface area (Å²) in [5.41, 5.74) is 3.62. The smallest absolute Gasteiger partial charge is 0.251 e. The molecule has 1 N–H and O–H groups in total. The van der Waals surface area contributed by atoms with Crippen LogP contribution in [0.2, 0.25) is 0 Å². The van der Waals surface area contributed by atoms with Crippen molar-refractivity contribution in [2.24, 2.45) is 0 Å². The van der Waals surface area contributed by atoms with Gasteiger partial charge in [-0.2, -0.15) is 0 Å². The maximum atomic E-state index is 12.1. The summed E-state index contributed by atoms with van der Waals surface area (Å²) in [6.45, 7) is 5.44. The molecule has 0 spiro atoms. The summed E-state index contributed by atoms with van der Waals surface area (Å²) in [5, 5.41) is 2.95. The number of hydrogen-bond donors (Lipinski definition) is 1. The van der Waals surface area contributed by atoms with Crippen molar-refractivity contribution in [3.05, 3.63) is 59.5 Å². The van der Waals surface area contributed by atoms with Crippen LogP contribution >= 0.6 is 0 Å². The first-order valence-electron chi connectivity index (χ1n) is 7.84. The summed E-state index contributed by atoms with van der Waals surface area (Å²) in [4.78, 5) is 21.1. The molecule has 118 valence electrons. The van der Waals surface area contributed by atoms with E-state index in [0.29, 0.717) is 18.5 Å². The lowest BCUT2D eigenvalue weighted by Gasteiger charge is -2.07. The predicted molar refractivity (Wildman–Crippen MR) is 90.4 cm³/mol. The average Bonchev–Trinajstić information content (AvgIpc) is 2.92. The number of benzene rings is 1. The average molecular weight is 308 g/mol. The number of aryl methyl sites for hydroxylation is 2. The second kappa shape index (κ2) is 6.60. The molecule has 2 aromatic heterocycles. The molecular weight excluding hydrogens is 288 g/mol. The first-order valence-corrected chi connectivity index (χ1v) is 7.84. The molecule has 5 heteroatoms. The maximum Gasteiger partial charge on any atom is 0.251 e. The van der Waals surface area contributed by atoms with Crippen LogP contribution in [-0.4, -0.2) is 27.0 Å². The fourth-order valence-corrected chi connectivity index (χ4v) is 2.62. The second-order valence-corrected chi connectivity index (χ2v) is 5.49. The highest BCUT2D eigenvalue weighted by atomic mass is 16.1. The molecule has 0 saturated heterocycles. The van der Waals surface area contributed by atoms with Crippen molar-refractivity contribution in [2.75, 3.05) is 6.54 Å². The van der Waals surface area contributed by atoms with Crippen LogP contribution in [0, 0.1) is 6.92 Å². The number of amides is 1. The Hall–Kier alpha value is -2.69. The van der Waals surface area contributed by atoms with Gasteiger partial charge < -0.3 is 9.88 Å². The normalized spacial score (nSPS) is 10.9. The molecule has 23 heavy (non-hydrogen) atoms. The maximum absolute atomic E-state index is 12.1. The highest BCUT2D eigenvalue weighted by Gasteiger charge is 2.11. The van der Waals surface area contributed by atoms with Crippen molar-refractivity contribution in [3.63, 3.8) is 0 Å². The standard InChI is InChI=1S/C18H20N4O/c1-3-22-16(21-15-5-4-11-19-17(15)22)10-12-20-18(23)14-8-6-13(2)7-9-14/h4-9,11H,3,10,12H2,1-2H3,(H,20,23). The van der Waals surface area contributed by atoms with Crippen molar-refractivity contribution in [1.82, 2.24) is 19.9 Å². The van der Waals surface area contributed by atoms with Gasteiger partial charge in [-0.1, -0.05) is 17.7 Å². The van der Waals surface area contributed by atoms with E-state index in [0.717, 1.165) is 29.1 Å². The molecule has 0 aliphatic rings.